The van der Waals surface area contributed by atoms with E-state index in [-0.39, 0.29) is 0 Å². The zero-order valence-electron chi connectivity index (χ0n) is 9.60. The molecule has 0 bridgehead atoms. The standard InChI is InChI=1S/C11H24OSi/c1-5-6-7-8-10-9-11(10)12-13(2,3)4/h10-11H,5-9H2,1-4H3. The molecule has 1 aliphatic carbocycles. The fourth-order valence-electron chi connectivity index (χ4n) is 1.78. The zero-order valence-corrected chi connectivity index (χ0v) is 10.6. The van der Waals surface area contributed by atoms with E-state index in [1.807, 2.05) is 0 Å². The van der Waals surface area contributed by atoms with Gasteiger partial charge in [-0.1, -0.05) is 26.2 Å². The van der Waals surface area contributed by atoms with Gasteiger partial charge in [0.15, 0.2) is 8.32 Å². The maximum Gasteiger partial charge on any atom is 0.184 e. The van der Waals surface area contributed by atoms with Crippen molar-refractivity contribution in [2.75, 3.05) is 0 Å². The van der Waals surface area contributed by atoms with Crippen LogP contribution in [-0.2, 0) is 4.43 Å². The number of hydrogen-bond donors (Lipinski definition) is 0. The third kappa shape index (κ3) is 4.82. The summed E-state index contributed by atoms with van der Waals surface area (Å²) < 4.78 is 6.03. The Kier molecular flexibility index (Phi) is 3.99. The fourth-order valence-corrected chi connectivity index (χ4v) is 2.98. The summed E-state index contributed by atoms with van der Waals surface area (Å²) in [6.45, 7) is 9.13. The van der Waals surface area contributed by atoms with Crippen molar-refractivity contribution >= 4 is 8.32 Å². The highest BCUT2D eigenvalue weighted by molar-refractivity contribution is 6.69. The number of hydrogen-bond acceptors (Lipinski definition) is 1. The second-order valence-electron chi connectivity index (χ2n) is 5.26. The third-order valence-corrected chi connectivity index (χ3v) is 3.55. The maximum absolute atomic E-state index is 6.03. The Bertz CT molecular complexity index is 151. The molecule has 0 radical (unpaired) electrons. The monoisotopic (exact) mass is 200 g/mol. The molecular weight excluding hydrogens is 176 g/mol. The molecule has 1 aliphatic rings. The average Bonchev–Trinajstić information content (AvgIpc) is 2.65. The minimum absolute atomic E-state index is 0.642. The molecule has 0 heterocycles. The molecule has 2 heteroatoms. The van der Waals surface area contributed by atoms with E-state index in [0.717, 1.165) is 5.92 Å². The number of rotatable bonds is 6. The van der Waals surface area contributed by atoms with Gasteiger partial charge < -0.3 is 4.43 Å². The van der Waals surface area contributed by atoms with Gasteiger partial charge in [-0.05, 0) is 38.4 Å². The van der Waals surface area contributed by atoms with Crippen LogP contribution in [0.5, 0.6) is 0 Å². The molecule has 0 aliphatic heterocycles. The Morgan fingerprint density at radius 3 is 2.46 bits per heavy atom. The lowest BCUT2D eigenvalue weighted by Crippen LogP contribution is -2.27. The predicted molar refractivity (Wildman–Crippen MR) is 60.5 cm³/mol. The van der Waals surface area contributed by atoms with Crippen LogP contribution in [0.4, 0.5) is 0 Å². The first kappa shape index (κ1) is 11.3. The summed E-state index contributed by atoms with van der Waals surface area (Å²) in [6, 6.07) is 0. The Hall–Kier alpha value is 0.177. The fraction of sp³-hybridized carbons (Fsp3) is 1.00. The molecule has 13 heavy (non-hydrogen) atoms. The molecular formula is C11H24OSi. The van der Waals surface area contributed by atoms with E-state index in [1.165, 1.54) is 32.1 Å². The summed E-state index contributed by atoms with van der Waals surface area (Å²) in [5.41, 5.74) is 0. The first-order chi connectivity index (χ1) is 6.03. The van der Waals surface area contributed by atoms with Gasteiger partial charge in [0.1, 0.15) is 0 Å². The summed E-state index contributed by atoms with van der Waals surface area (Å²) in [5, 5.41) is 0. The Morgan fingerprint density at radius 2 is 1.92 bits per heavy atom. The molecule has 1 rings (SSSR count). The van der Waals surface area contributed by atoms with Crippen molar-refractivity contribution in [2.24, 2.45) is 5.92 Å². The SMILES string of the molecule is CCCCCC1CC1O[Si](C)(C)C. The van der Waals surface area contributed by atoms with Crippen LogP contribution >= 0.6 is 0 Å². The van der Waals surface area contributed by atoms with Crippen LogP contribution < -0.4 is 0 Å². The topological polar surface area (TPSA) is 9.23 Å². The van der Waals surface area contributed by atoms with E-state index in [0.29, 0.717) is 6.10 Å². The van der Waals surface area contributed by atoms with Crippen molar-refractivity contribution < 1.29 is 4.43 Å². The maximum atomic E-state index is 6.03. The molecule has 0 amide bonds. The van der Waals surface area contributed by atoms with Crippen LogP contribution in [0.2, 0.25) is 19.6 Å². The van der Waals surface area contributed by atoms with Crippen molar-refractivity contribution in [3.05, 3.63) is 0 Å². The van der Waals surface area contributed by atoms with Gasteiger partial charge >= 0.3 is 0 Å². The van der Waals surface area contributed by atoms with E-state index >= 15 is 0 Å². The minimum Gasteiger partial charge on any atom is -0.414 e. The van der Waals surface area contributed by atoms with Crippen LogP contribution in [0.1, 0.15) is 39.0 Å². The smallest absolute Gasteiger partial charge is 0.184 e. The first-order valence-corrected chi connectivity index (χ1v) is 9.11. The Morgan fingerprint density at radius 1 is 1.23 bits per heavy atom. The summed E-state index contributed by atoms with van der Waals surface area (Å²) in [4.78, 5) is 0. The normalized spacial score (nSPS) is 27.7. The highest BCUT2D eigenvalue weighted by Gasteiger charge is 2.39. The van der Waals surface area contributed by atoms with Crippen LogP contribution in [-0.4, -0.2) is 14.4 Å². The summed E-state index contributed by atoms with van der Waals surface area (Å²) >= 11 is 0. The molecule has 0 aromatic heterocycles. The lowest BCUT2D eigenvalue weighted by Gasteiger charge is -2.17. The van der Waals surface area contributed by atoms with E-state index in [2.05, 4.69) is 26.6 Å². The second-order valence-corrected chi connectivity index (χ2v) is 9.72. The van der Waals surface area contributed by atoms with Gasteiger partial charge in [0.2, 0.25) is 0 Å². The molecule has 0 spiro atoms. The summed E-state index contributed by atoms with van der Waals surface area (Å²) in [6.07, 6.45) is 7.54. The van der Waals surface area contributed by atoms with Crippen molar-refractivity contribution in [1.29, 1.82) is 0 Å². The third-order valence-electron chi connectivity index (χ3n) is 2.54. The Labute approximate surface area is 84.0 Å². The molecule has 0 aromatic rings. The predicted octanol–water partition coefficient (Wildman–Crippen LogP) is 3.81. The van der Waals surface area contributed by atoms with Gasteiger partial charge in [-0.3, -0.25) is 0 Å². The summed E-state index contributed by atoms with van der Waals surface area (Å²) in [7, 11) is -1.25. The summed E-state index contributed by atoms with van der Waals surface area (Å²) in [5.74, 6) is 0.915. The molecule has 1 fully saturated rings. The first-order valence-electron chi connectivity index (χ1n) is 5.71. The van der Waals surface area contributed by atoms with Crippen LogP contribution in [0, 0.1) is 5.92 Å². The van der Waals surface area contributed by atoms with Gasteiger partial charge in [-0.15, -0.1) is 0 Å². The highest BCUT2D eigenvalue weighted by atomic mass is 28.4. The van der Waals surface area contributed by atoms with E-state index < -0.39 is 8.32 Å². The molecule has 78 valence electrons. The van der Waals surface area contributed by atoms with Crippen molar-refractivity contribution in [1.82, 2.24) is 0 Å². The lowest BCUT2D eigenvalue weighted by atomic mass is 10.1. The van der Waals surface area contributed by atoms with Crippen molar-refractivity contribution in [3.63, 3.8) is 0 Å². The van der Waals surface area contributed by atoms with E-state index in [4.69, 9.17) is 4.43 Å². The Balaban J connectivity index is 2.03. The second kappa shape index (κ2) is 4.60. The zero-order chi connectivity index (χ0) is 9.90. The van der Waals surface area contributed by atoms with Gasteiger partial charge in [0, 0.05) is 6.10 Å². The molecule has 0 N–H and O–H groups in total. The molecule has 1 saturated carbocycles. The van der Waals surface area contributed by atoms with E-state index in [9.17, 15) is 0 Å². The van der Waals surface area contributed by atoms with Crippen LogP contribution in [0.3, 0.4) is 0 Å². The van der Waals surface area contributed by atoms with Crippen LogP contribution in [0.25, 0.3) is 0 Å². The van der Waals surface area contributed by atoms with Gasteiger partial charge in [0.25, 0.3) is 0 Å². The molecule has 1 nitrogen and oxygen atoms in total. The van der Waals surface area contributed by atoms with Gasteiger partial charge in [-0.25, -0.2) is 0 Å². The quantitative estimate of drug-likeness (QED) is 0.468. The molecule has 2 atom stereocenters. The minimum atomic E-state index is -1.25. The molecule has 2 unspecified atom stereocenters. The highest BCUT2D eigenvalue weighted by Crippen LogP contribution is 2.39. The van der Waals surface area contributed by atoms with Crippen molar-refractivity contribution in [2.45, 2.75) is 64.8 Å². The molecule has 0 saturated heterocycles. The number of unbranched alkanes of at least 4 members (excludes halogenated alkanes) is 2. The average molecular weight is 200 g/mol. The van der Waals surface area contributed by atoms with Crippen molar-refractivity contribution in [3.8, 4) is 0 Å². The largest absolute Gasteiger partial charge is 0.414 e. The van der Waals surface area contributed by atoms with Gasteiger partial charge in [0.05, 0.1) is 0 Å². The van der Waals surface area contributed by atoms with Gasteiger partial charge in [-0.2, -0.15) is 0 Å². The molecule has 0 aromatic carbocycles. The van der Waals surface area contributed by atoms with E-state index in [1.54, 1.807) is 0 Å². The van der Waals surface area contributed by atoms with Crippen LogP contribution in [0.15, 0.2) is 0 Å². The lowest BCUT2D eigenvalue weighted by molar-refractivity contribution is 0.273.